The number of hydrogen-bond acceptors (Lipinski definition) is 5. The Labute approximate surface area is 170 Å². The van der Waals surface area contributed by atoms with Gasteiger partial charge in [0, 0.05) is 12.6 Å². The van der Waals surface area contributed by atoms with Gasteiger partial charge in [0.25, 0.3) is 0 Å². The van der Waals surface area contributed by atoms with E-state index < -0.39 is 21.8 Å². The zero-order valence-corrected chi connectivity index (χ0v) is 17.0. The molecule has 1 saturated heterocycles. The predicted molar refractivity (Wildman–Crippen MR) is 106 cm³/mol. The minimum atomic E-state index is -3.58. The van der Waals surface area contributed by atoms with Gasteiger partial charge in [0.05, 0.1) is 10.5 Å². The third-order valence-electron chi connectivity index (χ3n) is 4.85. The molecule has 0 saturated carbocycles. The zero-order valence-electron chi connectivity index (χ0n) is 16.2. The van der Waals surface area contributed by atoms with E-state index in [2.05, 4.69) is 0 Å². The average molecular weight is 421 g/mol. The molecule has 0 bridgehead atoms. The third kappa shape index (κ3) is 5.13. The summed E-state index contributed by atoms with van der Waals surface area (Å²) in [7, 11) is -3.58. The Balaban J connectivity index is 1.55. The summed E-state index contributed by atoms with van der Waals surface area (Å²) in [4.78, 5) is 12.3. The zero-order chi connectivity index (χ0) is 20.9. The van der Waals surface area contributed by atoms with Crippen molar-refractivity contribution in [2.45, 2.75) is 37.1 Å². The SMILES string of the molecule is C[C@@H]1CCCCN1S(=O)(=O)c1ccc(C(=O)OCCOc2ccccc2F)cc1. The molecule has 2 aromatic carbocycles. The maximum atomic E-state index is 13.4. The molecule has 0 radical (unpaired) electrons. The Bertz CT molecular complexity index is 946. The van der Waals surface area contributed by atoms with Crippen LogP contribution in [0.4, 0.5) is 4.39 Å². The number of carbonyl (C=O) groups is 1. The van der Waals surface area contributed by atoms with Gasteiger partial charge in [0.2, 0.25) is 10.0 Å². The average Bonchev–Trinajstić information content (AvgIpc) is 2.72. The van der Waals surface area contributed by atoms with Crippen LogP contribution in [0.2, 0.25) is 0 Å². The summed E-state index contributed by atoms with van der Waals surface area (Å²) in [6, 6.07) is 11.6. The Morgan fingerprint density at radius 1 is 1.10 bits per heavy atom. The number of esters is 1. The molecule has 6 nitrogen and oxygen atoms in total. The molecule has 0 spiro atoms. The van der Waals surface area contributed by atoms with Crippen LogP contribution in [-0.2, 0) is 14.8 Å². The van der Waals surface area contributed by atoms with Gasteiger partial charge in [-0.1, -0.05) is 18.6 Å². The molecule has 156 valence electrons. The van der Waals surface area contributed by atoms with Crippen molar-refractivity contribution in [1.82, 2.24) is 4.31 Å². The van der Waals surface area contributed by atoms with Crippen molar-refractivity contribution in [3.05, 3.63) is 59.9 Å². The van der Waals surface area contributed by atoms with Crippen LogP contribution >= 0.6 is 0 Å². The molecular formula is C21H24FNO5S. The van der Waals surface area contributed by atoms with Crippen LogP contribution < -0.4 is 4.74 Å². The number of nitrogens with zero attached hydrogens (tertiary/aromatic N) is 1. The Morgan fingerprint density at radius 2 is 1.83 bits per heavy atom. The normalized spacial score (nSPS) is 17.7. The first kappa shape index (κ1) is 21.3. The van der Waals surface area contributed by atoms with Crippen LogP contribution in [0, 0.1) is 5.82 Å². The fraction of sp³-hybridized carbons (Fsp3) is 0.381. The molecular weight excluding hydrogens is 397 g/mol. The first-order chi connectivity index (χ1) is 13.9. The minimum Gasteiger partial charge on any atom is -0.487 e. The monoisotopic (exact) mass is 421 g/mol. The largest absolute Gasteiger partial charge is 0.487 e. The number of piperidine rings is 1. The summed E-state index contributed by atoms with van der Waals surface area (Å²) in [6.07, 6.45) is 2.72. The van der Waals surface area contributed by atoms with Gasteiger partial charge in [0.15, 0.2) is 11.6 Å². The van der Waals surface area contributed by atoms with Crippen LogP contribution in [0.3, 0.4) is 0 Å². The van der Waals surface area contributed by atoms with Crippen molar-refractivity contribution < 1.29 is 27.1 Å². The van der Waals surface area contributed by atoms with Gasteiger partial charge < -0.3 is 9.47 Å². The Kier molecular flexibility index (Phi) is 6.87. The van der Waals surface area contributed by atoms with E-state index in [1.54, 1.807) is 12.1 Å². The molecule has 29 heavy (non-hydrogen) atoms. The molecule has 1 fully saturated rings. The van der Waals surface area contributed by atoms with Crippen LogP contribution in [-0.4, -0.2) is 44.5 Å². The highest BCUT2D eigenvalue weighted by Gasteiger charge is 2.30. The second kappa shape index (κ2) is 9.37. The summed E-state index contributed by atoms with van der Waals surface area (Å²) in [5, 5.41) is 0. The smallest absolute Gasteiger partial charge is 0.338 e. The first-order valence-corrected chi connectivity index (χ1v) is 11.0. The lowest BCUT2D eigenvalue weighted by molar-refractivity contribution is 0.0448. The highest BCUT2D eigenvalue weighted by atomic mass is 32.2. The molecule has 0 N–H and O–H groups in total. The predicted octanol–water partition coefficient (Wildman–Crippen LogP) is 3.62. The molecule has 0 aliphatic carbocycles. The number of carbonyl (C=O) groups excluding carboxylic acids is 1. The molecule has 0 aromatic heterocycles. The van der Waals surface area contributed by atoms with Crippen LogP contribution in [0.1, 0.15) is 36.5 Å². The van der Waals surface area contributed by atoms with Gasteiger partial charge in [-0.15, -0.1) is 0 Å². The summed E-state index contributed by atoms with van der Waals surface area (Å²) < 4.78 is 50.9. The Hall–Kier alpha value is -2.45. The van der Waals surface area contributed by atoms with Crippen LogP contribution in [0.15, 0.2) is 53.4 Å². The number of sulfonamides is 1. The number of para-hydroxylation sites is 1. The summed E-state index contributed by atoms with van der Waals surface area (Å²) in [5.41, 5.74) is 0.238. The van der Waals surface area contributed by atoms with E-state index in [0.717, 1.165) is 19.3 Å². The molecule has 1 heterocycles. The molecule has 1 aliphatic heterocycles. The van der Waals surface area contributed by atoms with Gasteiger partial charge in [-0.3, -0.25) is 0 Å². The summed E-state index contributed by atoms with van der Waals surface area (Å²) in [6.45, 7) is 2.37. The topological polar surface area (TPSA) is 72.9 Å². The highest BCUT2D eigenvalue weighted by Crippen LogP contribution is 2.25. The number of benzene rings is 2. The van der Waals surface area contributed by atoms with Crippen molar-refractivity contribution in [2.24, 2.45) is 0 Å². The van der Waals surface area contributed by atoms with Crippen LogP contribution in [0.25, 0.3) is 0 Å². The number of halogens is 1. The van der Waals surface area contributed by atoms with E-state index in [1.165, 1.54) is 40.7 Å². The maximum Gasteiger partial charge on any atom is 0.338 e. The number of rotatable bonds is 7. The molecule has 2 aromatic rings. The van der Waals surface area contributed by atoms with Crippen LogP contribution in [0.5, 0.6) is 5.75 Å². The third-order valence-corrected chi connectivity index (χ3v) is 6.88. The van der Waals surface area contributed by atoms with Gasteiger partial charge in [0.1, 0.15) is 13.2 Å². The maximum absolute atomic E-state index is 13.4. The minimum absolute atomic E-state index is 0.00594. The second-order valence-corrected chi connectivity index (χ2v) is 8.79. The highest BCUT2D eigenvalue weighted by molar-refractivity contribution is 7.89. The van der Waals surface area contributed by atoms with E-state index in [9.17, 15) is 17.6 Å². The van der Waals surface area contributed by atoms with E-state index >= 15 is 0 Å². The molecule has 8 heteroatoms. The van der Waals surface area contributed by atoms with Crippen molar-refractivity contribution in [2.75, 3.05) is 19.8 Å². The lowest BCUT2D eigenvalue weighted by atomic mass is 10.1. The molecule has 1 aliphatic rings. The van der Waals surface area contributed by atoms with Crippen molar-refractivity contribution >= 4 is 16.0 Å². The fourth-order valence-electron chi connectivity index (χ4n) is 3.26. The number of hydrogen-bond donors (Lipinski definition) is 0. The molecule has 3 rings (SSSR count). The van der Waals surface area contributed by atoms with Crippen molar-refractivity contribution in [1.29, 1.82) is 0 Å². The van der Waals surface area contributed by atoms with Crippen molar-refractivity contribution in [3.63, 3.8) is 0 Å². The van der Waals surface area contributed by atoms with Gasteiger partial charge >= 0.3 is 5.97 Å². The van der Waals surface area contributed by atoms with Gasteiger partial charge in [-0.05, 0) is 56.2 Å². The van der Waals surface area contributed by atoms with E-state index in [0.29, 0.717) is 6.54 Å². The summed E-state index contributed by atoms with van der Waals surface area (Å²) in [5.74, 6) is -0.999. The fourth-order valence-corrected chi connectivity index (χ4v) is 4.96. The standard InChI is InChI=1S/C21H24FNO5S/c1-16-6-4-5-13-23(16)29(25,26)18-11-9-17(10-12-18)21(24)28-15-14-27-20-8-3-2-7-19(20)22/h2-3,7-12,16H,4-6,13-15H2,1H3/t16-/m1/s1. The number of ether oxygens (including phenoxy) is 2. The first-order valence-electron chi connectivity index (χ1n) is 9.56. The summed E-state index contributed by atoms with van der Waals surface area (Å²) >= 11 is 0. The molecule has 1 atom stereocenters. The lowest BCUT2D eigenvalue weighted by Gasteiger charge is -2.32. The lowest BCUT2D eigenvalue weighted by Crippen LogP contribution is -2.41. The van der Waals surface area contributed by atoms with Crippen molar-refractivity contribution in [3.8, 4) is 5.75 Å². The van der Waals surface area contributed by atoms with E-state index in [1.807, 2.05) is 6.92 Å². The van der Waals surface area contributed by atoms with E-state index in [4.69, 9.17) is 9.47 Å². The quantitative estimate of drug-likeness (QED) is 0.504. The van der Waals surface area contributed by atoms with E-state index in [-0.39, 0.29) is 35.5 Å². The van der Waals surface area contributed by atoms with Gasteiger partial charge in [-0.2, -0.15) is 4.31 Å². The van der Waals surface area contributed by atoms with Gasteiger partial charge in [-0.25, -0.2) is 17.6 Å². The molecule has 0 amide bonds. The second-order valence-electron chi connectivity index (χ2n) is 6.90. The Morgan fingerprint density at radius 3 is 2.52 bits per heavy atom. The molecule has 0 unspecified atom stereocenters.